The molecule has 1 aromatic rings. The second-order valence-electron chi connectivity index (χ2n) is 13.5. The summed E-state index contributed by atoms with van der Waals surface area (Å²) in [6.45, 7) is 4.90. The maximum absolute atomic E-state index is 12.8. The molecule has 54 heavy (non-hydrogen) atoms. The van der Waals surface area contributed by atoms with E-state index in [2.05, 4.69) is 88.2 Å². The van der Waals surface area contributed by atoms with Crippen LogP contribution < -0.4 is 10.6 Å². The molecule has 0 aliphatic carbocycles. The molecule has 2 rings (SSSR count). The number of carbonyl (C=O) groups is 3. The molecule has 1 atom stereocenters. The van der Waals surface area contributed by atoms with Crippen LogP contribution in [-0.4, -0.2) is 89.4 Å². The normalized spacial score (nSPS) is 14.6. The van der Waals surface area contributed by atoms with Gasteiger partial charge in [-0.25, -0.2) is 4.79 Å². The third kappa shape index (κ3) is 23.5. The fourth-order valence-electron chi connectivity index (χ4n) is 5.68. The molecule has 1 fully saturated rings. The van der Waals surface area contributed by atoms with E-state index in [0.717, 1.165) is 82.3 Å². The van der Waals surface area contributed by atoms with E-state index in [1.165, 1.54) is 12.8 Å². The molecular formula is C44H66N4O6. The highest BCUT2D eigenvalue weighted by molar-refractivity contribution is 5.85. The SMILES string of the molecule is CCC=CCC=CCC=CCC=CCC=CCCCC(=O)NCCCC[C@H](NC(=O)CC=Cc1ccc(CCN2CCCC2)nc1)C(=O)OC(CO)CO. The molecule has 10 nitrogen and oxygen atoms in total. The van der Waals surface area contributed by atoms with Crippen molar-refractivity contribution in [1.29, 1.82) is 0 Å². The first-order valence-electron chi connectivity index (χ1n) is 20.0. The van der Waals surface area contributed by atoms with Gasteiger partial charge < -0.3 is 30.5 Å². The minimum Gasteiger partial charge on any atom is -0.456 e. The summed E-state index contributed by atoms with van der Waals surface area (Å²) in [5, 5.41) is 24.4. The summed E-state index contributed by atoms with van der Waals surface area (Å²) in [6.07, 6.45) is 37.8. The van der Waals surface area contributed by atoms with Gasteiger partial charge in [-0.2, -0.15) is 0 Å². The first-order chi connectivity index (χ1) is 26.4. The van der Waals surface area contributed by atoms with Crippen LogP contribution in [0.2, 0.25) is 0 Å². The second-order valence-corrected chi connectivity index (χ2v) is 13.5. The van der Waals surface area contributed by atoms with Crippen LogP contribution in [-0.2, 0) is 25.5 Å². The molecule has 0 unspecified atom stereocenters. The second kappa shape index (κ2) is 31.3. The summed E-state index contributed by atoms with van der Waals surface area (Å²) in [5.41, 5.74) is 1.92. The van der Waals surface area contributed by atoms with E-state index in [4.69, 9.17) is 4.74 Å². The third-order valence-corrected chi connectivity index (χ3v) is 8.83. The lowest BCUT2D eigenvalue weighted by Gasteiger charge is -2.20. The molecule has 0 aromatic carbocycles. The number of aromatic nitrogens is 1. The highest BCUT2D eigenvalue weighted by Gasteiger charge is 2.24. The Kier molecular flexibility index (Phi) is 26.6. The maximum Gasteiger partial charge on any atom is 0.329 e. The van der Waals surface area contributed by atoms with E-state index >= 15 is 0 Å². The molecule has 0 spiro atoms. The van der Waals surface area contributed by atoms with E-state index in [0.29, 0.717) is 32.2 Å². The molecule has 10 heteroatoms. The van der Waals surface area contributed by atoms with Gasteiger partial charge in [0, 0.05) is 44.2 Å². The Hall–Kier alpha value is -4.12. The molecule has 4 N–H and O–H groups in total. The van der Waals surface area contributed by atoms with Crippen molar-refractivity contribution in [3.63, 3.8) is 0 Å². The number of pyridine rings is 1. The van der Waals surface area contributed by atoms with E-state index in [9.17, 15) is 24.6 Å². The number of ether oxygens (including phenoxy) is 1. The quantitative estimate of drug-likeness (QED) is 0.0403. The molecule has 1 saturated heterocycles. The monoisotopic (exact) mass is 746 g/mol. The zero-order valence-corrected chi connectivity index (χ0v) is 32.6. The number of aliphatic hydroxyl groups excluding tert-OH is 2. The lowest BCUT2D eigenvalue weighted by molar-refractivity contribution is -0.157. The Bertz CT molecular complexity index is 1340. The van der Waals surface area contributed by atoms with Crippen LogP contribution >= 0.6 is 0 Å². The summed E-state index contributed by atoms with van der Waals surface area (Å²) < 4.78 is 5.20. The highest BCUT2D eigenvalue weighted by atomic mass is 16.6. The molecule has 0 radical (unpaired) electrons. The Morgan fingerprint density at radius 3 is 2.09 bits per heavy atom. The van der Waals surface area contributed by atoms with Crippen molar-refractivity contribution in [2.45, 2.75) is 115 Å². The fourth-order valence-corrected chi connectivity index (χ4v) is 5.68. The highest BCUT2D eigenvalue weighted by Crippen LogP contribution is 2.11. The van der Waals surface area contributed by atoms with Gasteiger partial charge in [0.1, 0.15) is 12.1 Å². The van der Waals surface area contributed by atoms with E-state index in [1.807, 2.05) is 18.2 Å². The fraction of sp³-hybridized carbons (Fsp3) is 0.545. The summed E-state index contributed by atoms with van der Waals surface area (Å²) >= 11 is 0. The van der Waals surface area contributed by atoms with Gasteiger partial charge in [0.15, 0.2) is 0 Å². The minimum absolute atomic E-state index is 0.0148. The van der Waals surface area contributed by atoms with Crippen molar-refractivity contribution in [2.75, 3.05) is 39.4 Å². The number of nitrogens with zero attached hydrogens (tertiary/aromatic N) is 2. The van der Waals surface area contributed by atoms with Gasteiger partial charge in [-0.05, 0) is 102 Å². The van der Waals surface area contributed by atoms with Crippen molar-refractivity contribution in [2.24, 2.45) is 0 Å². The van der Waals surface area contributed by atoms with E-state index in [-0.39, 0.29) is 18.2 Å². The van der Waals surface area contributed by atoms with Crippen molar-refractivity contribution in [3.8, 4) is 0 Å². The van der Waals surface area contributed by atoms with E-state index < -0.39 is 31.3 Å². The molecule has 1 aliphatic heterocycles. The predicted octanol–water partition coefficient (Wildman–Crippen LogP) is 6.71. The Balaban J connectivity index is 1.62. The molecule has 1 aromatic heterocycles. The number of esters is 1. The van der Waals surface area contributed by atoms with Crippen LogP contribution in [0.15, 0.2) is 85.2 Å². The van der Waals surface area contributed by atoms with Crippen LogP contribution in [0, 0.1) is 0 Å². The summed E-state index contributed by atoms with van der Waals surface area (Å²) in [5.74, 6) is -1.08. The Labute approximate surface area is 324 Å². The molecule has 0 bridgehead atoms. The van der Waals surface area contributed by atoms with Crippen molar-refractivity contribution >= 4 is 23.9 Å². The van der Waals surface area contributed by atoms with Crippen LogP contribution in [0.4, 0.5) is 0 Å². The number of hydrogen-bond donors (Lipinski definition) is 4. The molecule has 0 saturated carbocycles. The summed E-state index contributed by atoms with van der Waals surface area (Å²) in [6, 6.07) is 3.05. The number of amides is 2. The van der Waals surface area contributed by atoms with Crippen LogP contribution in [0.5, 0.6) is 0 Å². The van der Waals surface area contributed by atoms with Crippen molar-refractivity contribution in [3.05, 3.63) is 96.4 Å². The van der Waals surface area contributed by atoms with Crippen LogP contribution in [0.1, 0.15) is 108 Å². The lowest BCUT2D eigenvalue weighted by atomic mass is 10.1. The molecule has 1 aliphatic rings. The number of rotatable bonds is 29. The standard InChI is InChI=1S/C44H66N4O6/c1-2-3-4-5-6-7-8-9-10-11-12-13-14-15-16-17-18-26-42(51)45-31-20-19-25-41(44(53)54-40(36-49)37-50)47-43(52)27-23-24-38-28-29-39(46-35-38)30-34-48-32-21-22-33-48/h3-4,6-7,9-10,12-13,15-16,23-24,28-29,35,40-41,49-50H,2,5,8,11,14,17-22,25-27,30-34,36-37H2,1H3,(H,45,51)(H,47,52)/t41-/m0/s1. The van der Waals surface area contributed by atoms with Gasteiger partial charge in [0.05, 0.1) is 13.2 Å². The Morgan fingerprint density at radius 1 is 0.833 bits per heavy atom. The predicted molar refractivity (Wildman–Crippen MR) is 218 cm³/mol. The average molecular weight is 747 g/mol. The number of aliphatic hydroxyl groups is 2. The van der Waals surface area contributed by atoms with Gasteiger partial charge in [0.2, 0.25) is 11.8 Å². The lowest BCUT2D eigenvalue weighted by Crippen LogP contribution is -2.43. The number of allylic oxidation sites excluding steroid dienone is 10. The van der Waals surface area contributed by atoms with Gasteiger partial charge in [-0.1, -0.05) is 85.9 Å². The van der Waals surface area contributed by atoms with Crippen molar-refractivity contribution in [1.82, 2.24) is 20.5 Å². The first kappa shape index (κ1) is 46.0. The van der Waals surface area contributed by atoms with Gasteiger partial charge in [0.25, 0.3) is 0 Å². The average Bonchev–Trinajstić information content (AvgIpc) is 3.71. The number of hydrogen-bond acceptors (Lipinski definition) is 8. The number of carbonyl (C=O) groups excluding carboxylic acids is 3. The molecule has 2 heterocycles. The number of nitrogens with one attached hydrogen (secondary N) is 2. The zero-order chi connectivity index (χ0) is 38.9. The molecule has 2 amide bonds. The first-order valence-corrected chi connectivity index (χ1v) is 20.0. The summed E-state index contributed by atoms with van der Waals surface area (Å²) in [7, 11) is 0. The molecule has 298 valence electrons. The number of unbranched alkanes of at least 4 members (excludes halogenated alkanes) is 2. The Morgan fingerprint density at radius 2 is 1.48 bits per heavy atom. The summed E-state index contributed by atoms with van der Waals surface area (Å²) in [4.78, 5) is 44.9. The van der Waals surface area contributed by atoms with E-state index in [1.54, 1.807) is 12.3 Å². The number of likely N-dealkylation sites (tertiary alicyclic amines) is 1. The van der Waals surface area contributed by atoms with Gasteiger partial charge in [-0.15, -0.1) is 0 Å². The zero-order valence-electron chi connectivity index (χ0n) is 32.6. The van der Waals surface area contributed by atoms with Crippen LogP contribution in [0.25, 0.3) is 6.08 Å². The van der Waals surface area contributed by atoms with Gasteiger partial charge >= 0.3 is 5.97 Å². The van der Waals surface area contributed by atoms with Crippen molar-refractivity contribution < 1.29 is 29.3 Å². The van der Waals surface area contributed by atoms with Crippen LogP contribution in [0.3, 0.4) is 0 Å². The third-order valence-electron chi connectivity index (χ3n) is 8.83. The minimum atomic E-state index is -1.06. The largest absolute Gasteiger partial charge is 0.456 e. The maximum atomic E-state index is 12.8. The molecular weight excluding hydrogens is 681 g/mol. The smallest absolute Gasteiger partial charge is 0.329 e. The topological polar surface area (TPSA) is 141 Å². The van der Waals surface area contributed by atoms with Gasteiger partial charge in [-0.3, -0.25) is 14.6 Å².